The zero-order valence-corrected chi connectivity index (χ0v) is 16.4. The molecule has 1 saturated carbocycles. The average Bonchev–Trinajstić information content (AvgIpc) is 2.68. The minimum absolute atomic E-state index is 0.0388. The van der Waals surface area contributed by atoms with E-state index in [1.54, 1.807) is 0 Å². The second-order valence-corrected chi connectivity index (χ2v) is 7.78. The van der Waals surface area contributed by atoms with Gasteiger partial charge in [0.2, 0.25) is 11.5 Å². The molecule has 3 atom stereocenters. The molecule has 0 spiro atoms. The fourth-order valence-corrected chi connectivity index (χ4v) is 4.07. The van der Waals surface area contributed by atoms with Crippen molar-refractivity contribution in [3.63, 3.8) is 0 Å². The summed E-state index contributed by atoms with van der Waals surface area (Å²) < 4.78 is 17.8. The number of hydrogen-bond acceptors (Lipinski definition) is 4. The molecular weight excluding hydrogens is 352 g/mol. The summed E-state index contributed by atoms with van der Waals surface area (Å²) in [4.78, 5) is 12.9. The summed E-state index contributed by atoms with van der Waals surface area (Å²) in [5.74, 6) is 0.869. The smallest absolute Gasteiger partial charge is 0.207 e. The SMILES string of the molecule is Cc1cc(C)cc(OC2=COC3CC(OCc4ccccc4)CCC3C2=O)c1. The maximum Gasteiger partial charge on any atom is 0.207 e. The van der Waals surface area contributed by atoms with Gasteiger partial charge in [-0.15, -0.1) is 0 Å². The summed E-state index contributed by atoms with van der Waals surface area (Å²) in [6, 6.07) is 16.1. The van der Waals surface area contributed by atoms with Gasteiger partial charge in [-0.25, -0.2) is 0 Å². The van der Waals surface area contributed by atoms with Crippen molar-refractivity contribution in [2.75, 3.05) is 0 Å². The van der Waals surface area contributed by atoms with Gasteiger partial charge in [0.1, 0.15) is 18.1 Å². The lowest BCUT2D eigenvalue weighted by Gasteiger charge is -2.37. The molecule has 2 aromatic carbocycles. The van der Waals surface area contributed by atoms with Crippen LogP contribution in [0.2, 0.25) is 0 Å². The number of benzene rings is 2. The molecule has 0 amide bonds. The third kappa shape index (κ3) is 4.28. The number of rotatable bonds is 5. The van der Waals surface area contributed by atoms with Crippen LogP contribution < -0.4 is 4.74 Å². The molecule has 146 valence electrons. The number of carbonyl (C=O) groups is 1. The number of ketones is 1. The van der Waals surface area contributed by atoms with Crippen LogP contribution in [0.15, 0.2) is 60.6 Å². The van der Waals surface area contributed by atoms with Crippen LogP contribution in [-0.4, -0.2) is 18.0 Å². The Hall–Kier alpha value is -2.59. The quantitative estimate of drug-likeness (QED) is 0.744. The zero-order chi connectivity index (χ0) is 19.5. The summed E-state index contributed by atoms with van der Waals surface area (Å²) >= 11 is 0. The highest BCUT2D eigenvalue weighted by molar-refractivity contribution is 5.96. The van der Waals surface area contributed by atoms with Crippen LogP contribution in [-0.2, 0) is 20.9 Å². The molecule has 28 heavy (non-hydrogen) atoms. The highest BCUT2D eigenvalue weighted by Crippen LogP contribution is 2.35. The van der Waals surface area contributed by atoms with E-state index < -0.39 is 0 Å². The van der Waals surface area contributed by atoms with Crippen molar-refractivity contribution in [3.05, 3.63) is 77.2 Å². The van der Waals surface area contributed by atoms with Gasteiger partial charge >= 0.3 is 0 Å². The Morgan fingerprint density at radius 2 is 1.79 bits per heavy atom. The molecule has 1 fully saturated rings. The first-order valence-electron chi connectivity index (χ1n) is 9.90. The average molecular weight is 378 g/mol. The molecule has 2 aromatic rings. The van der Waals surface area contributed by atoms with Crippen molar-refractivity contribution in [1.82, 2.24) is 0 Å². The van der Waals surface area contributed by atoms with E-state index in [0.717, 1.165) is 36.0 Å². The maximum atomic E-state index is 12.9. The Morgan fingerprint density at radius 1 is 1.04 bits per heavy atom. The van der Waals surface area contributed by atoms with Gasteiger partial charge in [-0.3, -0.25) is 4.79 Å². The van der Waals surface area contributed by atoms with Crippen LogP contribution in [0.3, 0.4) is 0 Å². The number of aryl methyl sites for hydroxylation is 2. The molecule has 1 aliphatic carbocycles. The second-order valence-electron chi connectivity index (χ2n) is 7.78. The number of allylic oxidation sites excluding steroid dienone is 1. The molecule has 1 aliphatic heterocycles. The second kappa shape index (κ2) is 8.19. The van der Waals surface area contributed by atoms with Gasteiger partial charge < -0.3 is 14.2 Å². The first-order valence-corrected chi connectivity index (χ1v) is 9.90. The zero-order valence-electron chi connectivity index (χ0n) is 16.4. The summed E-state index contributed by atoms with van der Waals surface area (Å²) in [7, 11) is 0. The van der Waals surface area contributed by atoms with Gasteiger partial charge in [0.05, 0.1) is 18.6 Å². The molecule has 4 heteroatoms. The third-order valence-electron chi connectivity index (χ3n) is 5.42. The number of Topliss-reactive ketones (excluding diaryl/α,β-unsaturated/α-hetero) is 1. The summed E-state index contributed by atoms with van der Waals surface area (Å²) in [5, 5.41) is 0. The molecule has 0 saturated heterocycles. The molecule has 0 radical (unpaired) electrons. The Balaban J connectivity index is 1.37. The lowest BCUT2D eigenvalue weighted by atomic mass is 9.80. The van der Waals surface area contributed by atoms with Gasteiger partial charge in [-0.2, -0.15) is 0 Å². The minimum atomic E-state index is -0.150. The molecule has 4 rings (SSSR count). The summed E-state index contributed by atoms with van der Waals surface area (Å²) in [6.45, 7) is 4.62. The lowest BCUT2D eigenvalue weighted by molar-refractivity contribution is -0.134. The van der Waals surface area contributed by atoms with Crippen LogP contribution in [0.25, 0.3) is 0 Å². The van der Waals surface area contributed by atoms with Crippen LogP contribution >= 0.6 is 0 Å². The largest absolute Gasteiger partial charge is 0.493 e. The fraction of sp³-hybridized carbons (Fsp3) is 0.375. The van der Waals surface area contributed by atoms with Gasteiger partial charge in [0, 0.05) is 6.42 Å². The van der Waals surface area contributed by atoms with E-state index >= 15 is 0 Å². The van der Waals surface area contributed by atoms with Gasteiger partial charge in [-0.1, -0.05) is 36.4 Å². The molecule has 0 bridgehead atoms. The number of ether oxygens (including phenoxy) is 3. The Morgan fingerprint density at radius 3 is 2.54 bits per heavy atom. The normalized spacial score (nSPS) is 24.1. The van der Waals surface area contributed by atoms with Crippen molar-refractivity contribution >= 4 is 5.78 Å². The van der Waals surface area contributed by atoms with E-state index in [9.17, 15) is 4.79 Å². The Kier molecular flexibility index (Phi) is 5.49. The number of hydrogen-bond donors (Lipinski definition) is 0. The van der Waals surface area contributed by atoms with Crippen molar-refractivity contribution < 1.29 is 19.0 Å². The molecular formula is C24H26O4. The topological polar surface area (TPSA) is 44.8 Å². The van der Waals surface area contributed by atoms with E-state index in [4.69, 9.17) is 14.2 Å². The highest BCUT2D eigenvalue weighted by Gasteiger charge is 2.41. The van der Waals surface area contributed by atoms with Crippen molar-refractivity contribution in [3.8, 4) is 5.75 Å². The van der Waals surface area contributed by atoms with Crippen LogP contribution in [0.1, 0.15) is 36.0 Å². The molecule has 3 unspecified atom stereocenters. The number of fused-ring (bicyclic) bond motifs is 1. The van der Waals surface area contributed by atoms with Crippen LogP contribution in [0, 0.1) is 19.8 Å². The first-order chi connectivity index (χ1) is 13.6. The first kappa shape index (κ1) is 18.8. The van der Waals surface area contributed by atoms with Crippen LogP contribution in [0.5, 0.6) is 5.75 Å². The van der Waals surface area contributed by atoms with E-state index in [1.807, 2.05) is 44.2 Å². The van der Waals surface area contributed by atoms with Gasteiger partial charge in [-0.05, 0) is 55.5 Å². The molecule has 0 N–H and O–H groups in total. The Bertz CT molecular complexity index is 851. The number of carbonyl (C=O) groups excluding carboxylic acids is 1. The highest BCUT2D eigenvalue weighted by atomic mass is 16.5. The summed E-state index contributed by atoms with van der Waals surface area (Å²) in [6.07, 6.45) is 3.83. The predicted molar refractivity (Wildman–Crippen MR) is 107 cm³/mol. The van der Waals surface area contributed by atoms with Crippen molar-refractivity contribution in [2.24, 2.45) is 5.92 Å². The molecule has 2 aliphatic rings. The summed E-state index contributed by atoms with van der Waals surface area (Å²) in [5.41, 5.74) is 3.37. The Labute approximate surface area is 166 Å². The van der Waals surface area contributed by atoms with Crippen LogP contribution in [0.4, 0.5) is 0 Å². The van der Waals surface area contributed by atoms with E-state index in [-0.39, 0.29) is 23.9 Å². The van der Waals surface area contributed by atoms with Crippen molar-refractivity contribution in [1.29, 1.82) is 0 Å². The van der Waals surface area contributed by atoms with Gasteiger partial charge in [0.25, 0.3) is 0 Å². The maximum absolute atomic E-state index is 12.9. The van der Waals surface area contributed by atoms with Gasteiger partial charge in [0.15, 0.2) is 0 Å². The fourth-order valence-electron chi connectivity index (χ4n) is 4.07. The minimum Gasteiger partial charge on any atom is -0.493 e. The van der Waals surface area contributed by atoms with E-state index in [0.29, 0.717) is 18.1 Å². The lowest BCUT2D eigenvalue weighted by Crippen LogP contribution is -2.42. The predicted octanol–water partition coefficient (Wildman–Crippen LogP) is 4.88. The van der Waals surface area contributed by atoms with E-state index in [1.165, 1.54) is 6.26 Å². The van der Waals surface area contributed by atoms with E-state index in [2.05, 4.69) is 18.2 Å². The third-order valence-corrected chi connectivity index (χ3v) is 5.42. The van der Waals surface area contributed by atoms with Crippen molar-refractivity contribution in [2.45, 2.75) is 51.9 Å². The molecule has 1 heterocycles. The monoisotopic (exact) mass is 378 g/mol. The standard InChI is InChI=1S/C24H26O4/c1-16-10-17(2)12-20(11-16)28-23-15-27-22-13-19(8-9-21(22)24(23)25)26-14-18-6-4-3-5-7-18/h3-7,10-12,15,19,21-22H,8-9,13-14H2,1-2H3. The molecule has 4 nitrogen and oxygen atoms in total. The molecule has 0 aromatic heterocycles.